The van der Waals surface area contributed by atoms with Crippen molar-refractivity contribution in [1.82, 2.24) is 0 Å². The summed E-state index contributed by atoms with van der Waals surface area (Å²) in [6.45, 7) is 6.08. The Morgan fingerprint density at radius 2 is 1.90 bits per heavy atom. The first-order valence-electron chi connectivity index (χ1n) is 7.25. The number of anilines is 1. The van der Waals surface area contributed by atoms with Crippen molar-refractivity contribution < 1.29 is 4.79 Å². The molecule has 0 unspecified atom stereocenters. The van der Waals surface area contributed by atoms with Crippen LogP contribution in [0.15, 0.2) is 22.7 Å². The highest BCUT2D eigenvalue weighted by Gasteiger charge is 2.40. The molecule has 0 aliphatic rings. The smallest absolute Gasteiger partial charge is 0.237 e. The van der Waals surface area contributed by atoms with Crippen LogP contribution in [0.25, 0.3) is 0 Å². The van der Waals surface area contributed by atoms with Gasteiger partial charge in [-0.2, -0.15) is 0 Å². The number of carbonyl (C=O) groups is 1. The largest absolute Gasteiger partial charge is 0.392 e. The lowest BCUT2D eigenvalue weighted by Crippen LogP contribution is -2.46. The number of benzene rings is 1. The summed E-state index contributed by atoms with van der Waals surface area (Å²) in [6.07, 6.45) is 3.07. The zero-order valence-electron chi connectivity index (χ0n) is 12.8. The second kappa shape index (κ2) is 7.90. The maximum Gasteiger partial charge on any atom is 0.237 e. The molecule has 1 rings (SSSR count). The molecule has 0 heterocycles. The summed E-state index contributed by atoms with van der Waals surface area (Å²) in [5.41, 5.74) is 7.03. The van der Waals surface area contributed by atoms with E-state index in [9.17, 15) is 4.79 Å². The summed E-state index contributed by atoms with van der Waals surface area (Å²) >= 11 is 8.69. The van der Waals surface area contributed by atoms with E-state index < -0.39 is 5.41 Å². The van der Waals surface area contributed by atoms with Crippen LogP contribution in [0.3, 0.4) is 0 Å². The maximum atomic E-state index is 12.8. The molecule has 5 heteroatoms. The van der Waals surface area contributed by atoms with Crippen LogP contribution in [0, 0.1) is 12.3 Å². The lowest BCUT2D eigenvalue weighted by Gasteiger charge is -2.31. The number of halogens is 1. The molecule has 0 spiro atoms. The van der Waals surface area contributed by atoms with Crippen molar-refractivity contribution in [3.63, 3.8) is 0 Å². The van der Waals surface area contributed by atoms with Gasteiger partial charge in [-0.05, 0) is 53.4 Å². The summed E-state index contributed by atoms with van der Waals surface area (Å²) < 4.78 is 0.862. The van der Waals surface area contributed by atoms with Crippen LogP contribution in [0.4, 0.5) is 5.69 Å². The third-order valence-electron chi connectivity index (χ3n) is 3.63. The second-order valence-corrected chi connectivity index (χ2v) is 6.68. The van der Waals surface area contributed by atoms with Gasteiger partial charge in [0.05, 0.1) is 16.1 Å². The first-order chi connectivity index (χ1) is 9.87. The monoisotopic (exact) mass is 370 g/mol. The highest BCUT2D eigenvalue weighted by Crippen LogP contribution is 2.33. The van der Waals surface area contributed by atoms with Crippen molar-refractivity contribution in [2.75, 3.05) is 5.32 Å². The van der Waals surface area contributed by atoms with Crippen molar-refractivity contribution in [3.8, 4) is 0 Å². The van der Waals surface area contributed by atoms with E-state index in [2.05, 4.69) is 21.2 Å². The molecule has 0 saturated carbocycles. The predicted octanol–water partition coefficient (Wildman–Crippen LogP) is 4.57. The number of hydrogen-bond donors (Lipinski definition) is 2. The molecule has 1 amide bonds. The number of nitrogens with one attached hydrogen (secondary N) is 1. The molecular formula is C16H23BrN2OS. The number of aryl methyl sites for hydroxylation is 1. The molecule has 0 aliphatic heterocycles. The van der Waals surface area contributed by atoms with Gasteiger partial charge in [-0.1, -0.05) is 45.0 Å². The molecule has 0 saturated heterocycles. The van der Waals surface area contributed by atoms with Crippen molar-refractivity contribution >= 4 is 44.7 Å². The highest BCUT2D eigenvalue weighted by molar-refractivity contribution is 9.10. The van der Waals surface area contributed by atoms with E-state index >= 15 is 0 Å². The van der Waals surface area contributed by atoms with Crippen molar-refractivity contribution in [3.05, 3.63) is 28.2 Å². The van der Waals surface area contributed by atoms with E-state index in [0.717, 1.165) is 28.6 Å². The lowest BCUT2D eigenvalue weighted by atomic mass is 9.78. The normalized spacial score (nSPS) is 11.2. The minimum Gasteiger partial charge on any atom is -0.392 e. The number of amides is 1. The Bertz CT molecular complexity index is 525. The predicted molar refractivity (Wildman–Crippen MR) is 96.5 cm³/mol. The Morgan fingerprint density at radius 3 is 2.33 bits per heavy atom. The fourth-order valence-electron chi connectivity index (χ4n) is 2.53. The van der Waals surface area contributed by atoms with E-state index in [1.165, 1.54) is 0 Å². The molecule has 0 aliphatic carbocycles. The number of rotatable bonds is 7. The van der Waals surface area contributed by atoms with Gasteiger partial charge in [-0.15, -0.1) is 0 Å². The Kier molecular flexibility index (Phi) is 6.81. The number of thiocarbonyl (C=S) groups is 1. The first-order valence-corrected chi connectivity index (χ1v) is 8.45. The molecule has 0 radical (unpaired) electrons. The van der Waals surface area contributed by atoms with Gasteiger partial charge >= 0.3 is 0 Å². The van der Waals surface area contributed by atoms with E-state index in [-0.39, 0.29) is 10.9 Å². The van der Waals surface area contributed by atoms with Gasteiger partial charge in [0.15, 0.2) is 0 Å². The average molecular weight is 371 g/mol. The van der Waals surface area contributed by atoms with Crippen LogP contribution in [0.1, 0.15) is 45.1 Å². The van der Waals surface area contributed by atoms with Gasteiger partial charge in [-0.3, -0.25) is 4.79 Å². The number of carbonyl (C=O) groups excluding carboxylic acids is 1. The quantitative estimate of drug-likeness (QED) is 0.691. The Hall–Kier alpha value is -0.940. The summed E-state index contributed by atoms with van der Waals surface area (Å²) in [5, 5.41) is 2.98. The van der Waals surface area contributed by atoms with Crippen LogP contribution < -0.4 is 11.1 Å². The zero-order valence-corrected chi connectivity index (χ0v) is 15.2. The van der Waals surface area contributed by atoms with Crippen LogP contribution in [0.2, 0.25) is 0 Å². The fraction of sp³-hybridized carbons (Fsp3) is 0.500. The standard InChI is InChI=1S/C16H23BrN2OS/c1-4-8-16(9-5-2,14(18)21)15(20)19-13-7-6-11(3)10-12(13)17/h6-7,10H,4-5,8-9H2,1-3H3,(H2,18,21)(H,19,20). The topological polar surface area (TPSA) is 55.1 Å². The first kappa shape index (κ1) is 18.1. The average Bonchev–Trinajstić information content (AvgIpc) is 2.41. The minimum atomic E-state index is -0.761. The Balaban J connectivity index is 3.08. The van der Waals surface area contributed by atoms with Gasteiger partial charge in [0, 0.05) is 4.47 Å². The van der Waals surface area contributed by atoms with Gasteiger partial charge in [0.1, 0.15) is 0 Å². The Labute approximate surface area is 140 Å². The van der Waals surface area contributed by atoms with E-state index in [0.29, 0.717) is 12.8 Å². The molecule has 0 atom stereocenters. The maximum absolute atomic E-state index is 12.8. The van der Waals surface area contributed by atoms with Gasteiger partial charge in [0.2, 0.25) is 5.91 Å². The molecular weight excluding hydrogens is 348 g/mol. The van der Waals surface area contributed by atoms with E-state index in [4.69, 9.17) is 18.0 Å². The Morgan fingerprint density at radius 1 is 1.33 bits per heavy atom. The third kappa shape index (κ3) is 4.27. The van der Waals surface area contributed by atoms with Crippen LogP contribution in [-0.4, -0.2) is 10.9 Å². The summed E-state index contributed by atoms with van der Waals surface area (Å²) in [6, 6.07) is 5.82. The van der Waals surface area contributed by atoms with E-state index in [1.807, 2.05) is 39.0 Å². The minimum absolute atomic E-state index is 0.108. The van der Waals surface area contributed by atoms with Gasteiger partial charge < -0.3 is 11.1 Å². The highest BCUT2D eigenvalue weighted by atomic mass is 79.9. The zero-order chi connectivity index (χ0) is 16.0. The SMILES string of the molecule is CCCC(CCC)(C(=O)Nc1ccc(C)cc1Br)C(N)=S. The lowest BCUT2D eigenvalue weighted by molar-refractivity contribution is -0.122. The van der Waals surface area contributed by atoms with Crippen LogP contribution >= 0.6 is 28.1 Å². The summed E-state index contributed by atoms with van der Waals surface area (Å²) in [7, 11) is 0. The fourth-order valence-corrected chi connectivity index (χ4v) is 3.42. The molecule has 1 aromatic carbocycles. The van der Waals surface area contributed by atoms with Gasteiger partial charge in [0.25, 0.3) is 0 Å². The van der Waals surface area contributed by atoms with Crippen molar-refractivity contribution in [2.24, 2.45) is 11.1 Å². The van der Waals surface area contributed by atoms with Crippen LogP contribution in [0.5, 0.6) is 0 Å². The molecule has 21 heavy (non-hydrogen) atoms. The van der Waals surface area contributed by atoms with Crippen molar-refractivity contribution in [2.45, 2.75) is 46.5 Å². The third-order valence-corrected chi connectivity index (χ3v) is 4.68. The molecule has 0 aromatic heterocycles. The molecule has 3 N–H and O–H groups in total. The summed E-state index contributed by atoms with van der Waals surface area (Å²) in [5.74, 6) is -0.108. The molecule has 3 nitrogen and oxygen atoms in total. The van der Waals surface area contributed by atoms with Crippen molar-refractivity contribution in [1.29, 1.82) is 0 Å². The summed E-state index contributed by atoms with van der Waals surface area (Å²) in [4.78, 5) is 13.1. The molecule has 1 aromatic rings. The number of hydrogen-bond acceptors (Lipinski definition) is 2. The van der Waals surface area contributed by atoms with Crippen LogP contribution in [-0.2, 0) is 4.79 Å². The molecule has 0 bridgehead atoms. The molecule has 116 valence electrons. The van der Waals surface area contributed by atoms with E-state index in [1.54, 1.807) is 0 Å². The number of nitrogens with two attached hydrogens (primary N) is 1. The molecule has 0 fully saturated rings. The van der Waals surface area contributed by atoms with Gasteiger partial charge in [-0.25, -0.2) is 0 Å². The second-order valence-electron chi connectivity index (χ2n) is 5.38.